The first kappa shape index (κ1) is 9.79. The maximum Gasteiger partial charge on any atom is 0.104 e. The van der Waals surface area contributed by atoms with Crippen molar-refractivity contribution in [2.75, 3.05) is 6.26 Å². The first-order valence-electron chi connectivity index (χ1n) is 2.95. The first-order valence-corrected chi connectivity index (χ1v) is 5.46. The summed E-state index contributed by atoms with van der Waals surface area (Å²) in [5.41, 5.74) is 0. The minimum Gasteiger partial charge on any atom is -0.111 e. The van der Waals surface area contributed by atoms with Gasteiger partial charge in [-0.25, -0.2) is 0 Å². The number of hydrogen-bond donors (Lipinski definition) is 0. The molecule has 0 saturated heterocycles. The molecule has 1 atom stereocenters. The lowest BCUT2D eigenvalue weighted by molar-refractivity contribution is 0.911. The highest BCUT2D eigenvalue weighted by Gasteiger charge is 2.01. The molecule has 0 spiro atoms. The van der Waals surface area contributed by atoms with Gasteiger partial charge < -0.3 is 0 Å². The van der Waals surface area contributed by atoms with E-state index < -0.39 is 0 Å². The molecule has 0 radical (unpaired) electrons. The Labute approximate surface area is 71.2 Å². The summed E-state index contributed by atoms with van der Waals surface area (Å²) >= 11 is 8.48. The lowest BCUT2D eigenvalue weighted by Crippen LogP contribution is -1.94. The SMILES string of the molecule is CCC(C)SC(=S)SC. The van der Waals surface area contributed by atoms with Crippen LogP contribution in [-0.4, -0.2) is 15.0 Å². The van der Waals surface area contributed by atoms with E-state index in [-0.39, 0.29) is 0 Å². The summed E-state index contributed by atoms with van der Waals surface area (Å²) < 4.78 is 1.06. The molecule has 9 heavy (non-hydrogen) atoms. The second-order valence-corrected chi connectivity index (χ2v) is 5.24. The normalized spacial score (nSPS) is 13.2. The Morgan fingerprint density at radius 3 is 2.56 bits per heavy atom. The number of thiocarbonyl (C=S) groups is 1. The molecule has 0 amide bonds. The summed E-state index contributed by atoms with van der Waals surface area (Å²) in [6.45, 7) is 4.38. The summed E-state index contributed by atoms with van der Waals surface area (Å²) in [5, 5.41) is 0.685. The van der Waals surface area contributed by atoms with E-state index in [1.807, 2.05) is 6.26 Å². The zero-order chi connectivity index (χ0) is 7.28. The summed E-state index contributed by atoms with van der Waals surface area (Å²) in [5.74, 6) is 0. The minimum atomic E-state index is 0.685. The van der Waals surface area contributed by atoms with Crippen LogP contribution in [0.4, 0.5) is 0 Å². The molecule has 0 aromatic heterocycles. The summed E-state index contributed by atoms with van der Waals surface area (Å²) in [6.07, 6.45) is 3.23. The van der Waals surface area contributed by atoms with Gasteiger partial charge in [-0.05, 0) is 12.7 Å². The Bertz CT molecular complexity index is 90.3. The molecule has 0 bridgehead atoms. The van der Waals surface area contributed by atoms with E-state index in [4.69, 9.17) is 12.2 Å². The Morgan fingerprint density at radius 2 is 2.22 bits per heavy atom. The largest absolute Gasteiger partial charge is 0.111 e. The van der Waals surface area contributed by atoms with Crippen molar-refractivity contribution < 1.29 is 0 Å². The van der Waals surface area contributed by atoms with Crippen molar-refractivity contribution in [3.8, 4) is 0 Å². The maximum absolute atomic E-state index is 5.02. The molecule has 0 fully saturated rings. The average Bonchev–Trinajstić information content (AvgIpc) is 1.87. The fourth-order valence-corrected chi connectivity index (χ4v) is 2.16. The zero-order valence-electron chi connectivity index (χ0n) is 6.01. The van der Waals surface area contributed by atoms with Gasteiger partial charge in [0.2, 0.25) is 0 Å². The van der Waals surface area contributed by atoms with Gasteiger partial charge in [0.15, 0.2) is 0 Å². The van der Waals surface area contributed by atoms with Crippen molar-refractivity contribution in [2.45, 2.75) is 25.5 Å². The van der Waals surface area contributed by atoms with E-state index in [9.17, 15) is 0 Å². The van der Waals surface area contributed by atoms with Crippen LogP contribution in [0.1, 0.15) is 20.3 Å². The van der Waals surface area contributed by atoms with Crippen LogP contribution in [0.25, 0.3) is 0 Å². The molecule has 0 aliphatic heterocycles. The third kappa shape index (κ3) is 5.25. The van der Waals surface area contributed by atoms with Gasteiger partial charge in [0.1, 0.15) is 3.53 Å². The Hall–Kier alpha value is 0.790. The second-order valence-electron chi connectivity index (χ2n) is 1.79. The first-order chi connectivity index (χ1) is 4.20. The third-order valence-electron chi connectivity index (χ3n) is 1.04. The summed E-state index contributed by atoms with van der Waals surface area (Å²) in [7, 11) is 0. The summed E-state index contributed by atoms with van der Waals surface area (Å²) in [6, 6.07) is 0. The van der Waals surface area contributed by atoms with Crippen molar-refractivity contribution in [1.82, 2.24) is 0 Å². The van der Waals surface area contributed by atoms with Crippen molar-refractivity contribution in [3.05, 3.63) is 0 Å². The summed E-state index contributed by atoms with van der Waals surface area (Å²) in [4.78, 5) is 0. The van der Waals surface area contributed by atoms with Gasteiger partial charge in [0, 0.05) is 5.25 Å². The van der Waals surface area contributed by atoms with Crippen LogP contribution in [0.15, 0.2) is 0 Å². The molecule has 0 saturated carbocycles. The molecule has 0 rings (SSSR count). The molecule has 3 heteroatoms. The predicted octanol–water partition coefficient (Wildman–Crippen LogP) is 3.17. The fraction of sp³-hybridized carbons (Fsp3) is 0.833. The van der Waals surface area contributed by atoms with Crippen LogP contribution in [0.3, 0.4) is 0 Å². The van der Waals surface area contributed by atoms with Crippen LogP contribution in [0, 0.1) is 0 Å². The van der Waals surface area contributed by atoms with E-state index in [2.05, 4.69) is 13.8 Å². The standard InChI is InChI=1S/C6H12S3/c1-4-5(2)9-6(7)8-3/h5H,4H2,1-3H3. The van der Waals surface area contributed by atoms with E-state index in [0.717, 1.165) is 3.53 Å². The van der Waals surface area contributed by atoms with Gasteiger partial charge in [-0.3, -0.25) is 0 Å². The molecule has 1 unspecified atom stereocenters. The molecule has 0 aromatic rings. The van der Waals surface area contributed by atoms with Crippen LogP contribution < -0.4 is 0 Å². The number of thioether (sulfide) groups is 2. The molecule has 0 aliphatic rings. The van der Waals surface area contributed by atoms with Crippen LogP contribution in [0.2, 0.25) is 0 Å². The monoisotopic (exact) mass is 180 g/mol. The van der Waals surface area contributed by atoms with Crippen LogP contribution in [0.5, 0.6) is 0 Å². The van der Waals surface area contributed by atoms with E-state index >= 15 is 0 Å². The van der Waals surface area contributed by atoms with E-state index in [1.54, 1.807) is 23.5 Å². The molecule has 0 nitrogen and oxygen atoms in total. The number of hydrogen-bond acceptors (Lipinski definition) is 3. The van der Waals surface area contributed by atoms with Gasteiger partial charge in [-0.15, -0.1) is 23.5 Å². The third-order valence-corrected chi connectivity index (χ3v) is 3.88. The molecule has 0 aromatic carbocycles. The fourth-order valence-electron chi connectivity index (χ4n) is 0.296. The molecule has 54 valence electrons. The number of rotatable bonds is 2. The van der Waals surface area contributed by atoms with Gasteiger partial charge in [0.25, 0.3) is 0 Å². The highest BCUT2D eigenvalue weighted by molar-refractivity contribution is 8.47. The van der Waals surface area contributed by atoms with Gasteiger partial charge >= 0.3 is 0 Å². The van der Waals surface area contributed by atoms with Crippen molar-refractivity contribution in [2.24, 2.45) is 0 Å². The van der Waals surface area contributed by atoms with Crippen LogP contribution >= 0.6 is 35.7 Å². The van der Waals surface area contributed by atoms with Crippen molar-refractivity contribution in [3.63, 3.8) is 0 Å². The predicted molar refractivity (Wildman–Crippen MR) is 53.5 cm³/mol. The van der Waals surface area contributed by atoms with Crippen molar-refractivity contribution in [1.29, 1.82) is 0 Å². The topological polar surface area (TPSA) is 0 Å². The van der Waals surface area contributed by atoms with E-state index in [1.165, 1.54) is 6.42 Å². The molecule has 0 heterocycles. The quantitative estimate of drug-likeness (QED) is 0.599. The second kappa shape index (κ2) is 5.57. The molecular weight excluding hydrogens is 168 g/mol. The Kier molecular flexibility index (Phi) is 6.05. The van der Waals surface area contributed by atoms with Crippen LogP contribution in [-0.2, 0) is 0 Å². The van der Waals surface area contributed by atoms with Gasteiger partial charge in [0.05, 0.1) is 0 Å². The smallest absolute Gasteiger partial charge is 0.104 e. The molecule has 0 N–H and O–H groups in total. The Morgan fingerprint density at radius 1 is 1.67 bits per heavy atom. The highest BCUT2D eigenvalue weighted by Crippen LogP contribution is 2.21. The Balaban J connectivity index is 3.34. The van der Waals surface area contributed by atoms with Gasteiger partial charge in [-0.1, -0.05) is 26.1 Å². The van der Waals surface area contributed by atoms with Crippen molar-refractivity contribution >= 4 is 39.3 Å². The minimum absolute atomic E-state index is 0.685. The van der Waals surface area contributed by atoms with E-state index in [0.29, 0.717) is 5.25 Å². The maximum atomic E-state index is 5.02. The molecule has 0 aliphatic carbocycles. The zero-order valence-corrected chi connectivity index (χ0v) is 8.46. The lowest BCUT2D eigenvalue weighted by Gasteiger charge is -2.05. The highest BCUT2D eigenvalue weighted by atomic mass is 32.2. The average molecular weight is 180 g/mol. The lowest BCUT2D eigenvalue weighted by atomic mass is 10.4. The molecular formula is C6H12S3. The van der Waals surface area contributed by atoms with Gasteiger partial charge in [-0.2, -0.15) is 0 Å².